The van der Waals surface area contributed by atoms with Crippen molar-refractivity contribution in [2.24, 2.45) is 0 Å². The molecule has 4 heteroatoms. The van der Waals surface area contributed by atoms with Gasteiger partial charge < -0.3 is 4.57 Å². The fraction of sp³-hybridized carbons (Fsp3) is 0.125. The molecular weight excluding hydrogens is 270 g/mol. The molecule has 0 aliphatic carbocycles. The molecular formula is C16H12ClN3. The Hall–Kier alpha value is -2.31. The molecule has 0 aliphatic rings. The lowest BCUT2D eigenvalue weighted by molar-refractivity contribution is 0.744. The summed E-state index contributed by atoms with van der Waals surface area (Å²) in [6.07, 6.45) is 0.459. The second kappa shape index (κ2) is 5.36. The van der Waals surface area contributed by atoms with Crippen LogP contribution in [0, 0.1) is 11.3 Å². The second-order valence-corrected chi connectivity index (χ2v) is 4.93. The number of hydrogen-bond donors (Lipinski definition) is 0. The highest BCUT2D eigenvalue weighted by atomic mass is 35.5. The number of nitrogens with zero attached hydrogens (tertiary/aromatic N) is 3. The van der Waals surface area contributed by atoms with E-state index >= 15 is 0 Å². The number of para-hydroxylation sites is 2. The van der Waals surface area contributed by atoms with Crippen LogP contribution in [0.3, 0.4) is 0 Å². The van der Waals surface area contributed by atoms with Crippen molar-refractivity contribution in [3.63, 3.8) is 0 Å². The van der Waals surface area contributed by atoms with Gasteiger partial charge in [0.15, 0.2) is 0 Å². The molecule has 0 unspecified atom stereocenters. The van der Waals surface area contributed by atoms with Crippen LogP contribution in [0.1, 0.15) is 6.42 Å². The Balaban J connectivity index is 2.18. The van der Waals surface area contributed by atoms with E-state index in [0.717, 1.165) is 22.4 Å². The van der Waals surface area contributed by atoms with Gasteiger partial charge in [0.1, 0.15) is 5.82 Å². The van der Waals surface area contributed by atoms with Crippen LogP contribution in [0.2, 0.25) is 5.02 Å². The molecule has 0 spiro atoms. The zero-order chi connectivity index (χ0) is 13.9. The van der Waals surface area contributed by atoms with Gasteiger partial charge in [0.2, 0.25) is 0 Å². The molecule has 0 bridgehead atoms. The maximum atomic E-state index is 8.83. The van der Waals surface area contributed by atoms with Crippen LogP contribution in [0.5, 0.6) is 0 Å². The Kier molecular flexibility index (Phi) is 3.41. The molecule has 0 aliphatic heterocycles. The Morgan fingerprint density at radius 2 is 1.85 bits per heavy atom. The summed E-state index contributed by atoms with van der Waals surface area (Å²) in [4.78, 5) is 4.68. The fourth-order valence-electron chi connectivity index (χ4n) is 2.28. The van der Waals surface area contributed by atoms with Gasteiger partial charge in [-0.05, 0) is 36.4 Å². The maximum Gasteiger partial charge on any atom is 0.141 e. The number of nitriles is 1. The van der Waals surface area contributed by atoms with Crippen LogP contribution in [-0.2, 0) is 6.54 Å². The molecule has 0 N–H and O–H groups in total. The van der Waals surface area contributed by atoms with E-state index < -0.39 is 0 Å². The third-order valence-electron chi connectivity index (χ3n) is 3.20. The first kappa shape index (κ1) is 12.7. The molecule has 3 nitrogen and oxygen atoms in total. The fourth-order valence-corrected chi connectivity index (χ4v) is 2.41. The van der Waals surface area contributed by atoms with E-state index in [-0.39, 0.29) is 0 Å². The third-order valence-corrected chi connectivity index (χ3v) is 3.46. The summed E-state index contributed by atoms with van der Waals surface area (Å²) in [7, 11) is 0. The largest absolute Gasteiger partial charge is 0.323 e. The minimum absolute atomic E-state index is 0.459. The van der Waals surface area contributed by atoms with Gasteiger partial charge in [-0.25, -0.2) is 4.98 Å². The minimum atomic E-state index is 0.459. The zero-order valence-corrected chi connectivity index (χ0v) is 11.5. The summed E-state index contributed by atoms with van der Waals surface area (Å²) in [5, 5.41) is 9.54. The van der Waals surface area contributed by atoms with Crippen molar-refractivity contribution in [3.8, 4) is 17.5 Å². The average molecular weight is 282 g/mol. The molecule has 98 valence electrons. The molecule has 0 fully saturated rings. The van der Waals surface area contributed by atoms with Crippen LogP contribution < -0.4 is 0 Å². The highest BCUT2D eigenvalue weighted by molar-refractivity contribution is 6.30. The summed E-state index contributed by atoms with van der Waals surface area (Å²) >= 11 is 5.93. The van der Waals surface area contributed by atoms with E-state index in [1.165, 1.54) is 0 Å². The molecule has 1 aromatic heterocycles. The van der Waals surface area contributed by atoms with Crippen molar-refractivity contribution in [3.05, 3.63) is 53.6 Å². The number of hydrogen-bond acceptors (Lipinski definition) is 2. The number of aromatic nitrogens is 2. The standard InChI is InChI=1S/C16H12ClN3/c17-13-8-6-12(7-9-13)16-19-14-4-1-2-5-15(14)20(16)11-3-10-18/h1-2,4-9H,3,11H2. The Labute approximate surface area is 122 Å². The lowest BCUT2D eigenvalue weighted by atomic mass is 10.2. The van der Waals surface area contributed by atoms with E-state index in [4.69, 9.17) is 16.9 Å². The van der Waals surface area contributed by atoms with E-state index in [1.54, 1.807) is 0 Å². The summed E-state index contributed by atoms with van der Waals surface area (Å²) in [6.45, 7) is 0.634. The average Bonchev–Trinajstić information content (AvgIpc) is 2.84. The van der Waals surface area contributed by atoms with Gasteiger partial charge in [0.25, 0.3) is 0 Å². The van der Waals surface area contributed by atoms with E-state index in [2.05, 4.69) is 15.6 Å². The van der Waals surface area contributed by atoms with E-state index in [9.17, 15) is 0 Å². The summed E-state index contributed by atoms with van der Waals surface area (Å²) in [5.74, 6) is 0.873. The molecule has 3 rings (SSSR count). The van der Waals surface area contributed by atoms with Crippen LogP contribution in [-0.4, -0.2) is 9.55 Å². The summed E-state index contributed by atoms with van der Waals surface area (Å²) in [6, 6.07) is 17.8. The molecule has 1 heterocycles. The van der Waals surface area contributed by atoms with Crippen molar-refractivity contribution < 1.29 is 0 Å². The Morgan fingerprint density at radius 3 is 2.60 bits per heavy atom. The van der Waals surface area contributed by atoms with Gasteiger partial charge in [-0.15, -0.1) is 0 Å². The van der Waals surface area contributed by atoms with Gasteiger partial charge in [0, 0.05) is 17.1 Å². The predicted molar refractivity (Wildman–Crippen MR) is 80.4 cm³/mol. The number of benzene rings is 2. The molecule has 0 radical (unpaired) electrons. The normalized spacial score (nSPS) is 10.6. The molecule has 0 amide bonds. The first-order valence-electron chi connectivity index (χ1n) is 6.38. The number of fused-ring (bicyclic) bond motifs is 1. The third kappa shape index (κ3) is 2.26. The quantitative estimate of drug-likeness (QED) is 0.719. The van der Waals surface area contributed by atoms with Crippen LogP contribution in [0.25, 0.3) is 22.4 Å². The summed E-state index contributed by atoms with van der Waals surface area (Å²) in [5.41, 5.74) is 2.99. The van der Waals surface area contributed by atoms with Crippen LogP contribution in [0.15, 0.2) is 48.5 Å². The zero-order valence-electron chi connectivity index (χ0n) is 10.8. The highest BCUT2D eigenvalue weighted by Gasteiger charge is 2.11. The van der Waals surface area contributed by atoms with Gasteiger partial charge in [-0.2, -0.15) is 5.26 Å². The second-order valence-electron chi connectivity index (χ2n) is 4.49. The van der Waals surface area contributed by atoms with Crippen molar-refractivity contribution in [1.29, 1.82) is 5.26 Å². The topological polar surface area (TPSA) is 41.6 Å². The minimum Gasteiger partial charge on any atom is -0.323 e. The monoisotopic (exact) mass is 281 g/mol. The Bertz CT molecular complexity index is 782. The maximum absolute atomic E-state index is 8.83. The predicted octanol–water partition coefficient (Wildman–Crippen LogP) is 4.27. The SMILES string of the molecule is N#CCCn1c(-c2ccc(Cl)cc2)nc2ccccc21. The van der Waals surface area contributed by atoms with Crippen LogP contribution >= 0.6 is 11.6 Å². The Morgan fingerprint density at radius 1 is 1.10 bits per heavy atom. The summed E-state index contributed by atoms with van der Waals surface area (Å²) < 4.78 is 2.09. The molecule has 0 saturated carbocycles. The van der Waals surface area contributed by atoms with Crippen molar-refractivity contribution in [2.45, 2.75) is 13.0 Å². The smallest absolute Gasteiger partial charge is 0.141 e. The van der Waals surface area contributed by atoms with Crippen molar-refractivity contribution >= 4 is 22.6 Å². The van der Waals surface area contributed by atoms with Gasteiger partial charge in [-0.3, -0.25) is 0 Å². The van der Waals surface area contributed by atoms with Gasteiger partial charge in [-0.1, -0.05) is 23.7 Å². The lowest BCUT2D eigenvalue weighted by Crippen LogP contribution is -2.00. The van der Waals surface area contributed by atoms with Gasteiger partial charge >= 0.3 is 0 Å². The number of aryl methyl sites for hydroxylation is 1. The lowest BCUT2D eigenvalue weighted by Gasteiger charge is -2.07. The number of rotatable bonds is 3. The molecule has 20 heavy (non-hydrogen) atoms. The molecule has 0 atom stereocenters. The molecule has 2 aromatic carbocycles. The van der Waals surface area contributed by atoms with Crippen LogP contribution in [0.4, 0.5) is 0 Å². The van der Waals surface area contributed by atoms with E-state index in [1.807, 2.05) is 48.5 Å². The highest BCUT2D eigenvalue weighted by Crippen LogP contribution is 2.26. The molecule has 0 saturated heterocycles. The van der Waals surface area contributed by atoms with E-state index in [0.29, 0.717) is 18.0 Å². The first-order chi connectivity index (χ1) is 9.79. The molecule has 3 aromatic rings. The van der Waals surface area contributed by atoms with Crippen molar-refractivity contribution in [1.82, 2.24) is 9.55 Å². The van der Waals surface area contributed by atoms with Gasteiger partial charge in [0.05, 0.1) is 23.5 Å². The number of halogens is 1. The van der Waals surface area contributed by atoms with Crippen molar-refractivity contribution in [2.75, 3.05) is 0 Å². The number of imidazole rings is 1. The first-order valence-corrected chi connectivity index (χ1v) is 6.75.